The SMILES string of the molecule is O=C(NCC(O)C(F)(F)F)c1ccc(Br)c(F)c1. The van der Waals surface area contributed by atoms with Crippen molar-refractivity contribution in [3.8, 4) is 0 Å². The molecule has 2 N–H and O–H groups in total. The quantitative estimate of drug-likeness (QED) is 0.835. The molecule has 100 valence electrons. The Morgan fingerprint density at radius 1 is 1.44 bits per heavy atom. The van der Waals surface area contributed by atoms with Gasteiger partial charge in [-0.1, -0.05) is 0 Å². The molecule has 0 aliphatic heterocycles. The van der Waals surface area contributed by atoms with Gasteiger partial charge in [-0.2, -0.15) is 13.2 Å². The molecule has 8 heteroatoms. The molecule has 18 heavy (non-hydrogen) atoms. The normalized spacial score (nSPS) is 13.2. The molecule has 1 atom stereocenters. The summed E-state index contributed by atoms with van der Waals surface area (Å²) in [6.45, 7) is -0.986. The van der Waals surface area contributed by atoms with Crippen LogP contribution in [0.5, 0.6) is 0 Å². The van der Waals surface area contributed by atoms with Crippen LogP contribution in [0.3, 0.4) is 0 Å². The van der Waals surface area contributed by atoms with Crippen LogP contribution in [0, 0.1) is 5.82 Å². The van der Waals surface area contributed by atoms with E-state index < -0.39 is 30.5 Å². The van der Waals surface area contributed by atoms with Crippen molar-refractivity contribution in [3.63, 3.8) is 0 Å². The second-order valence-electron chi connectivity index (χ2n) is 3.40. The van der Waals surface area contributed by atoms with Crippen molar-refractivity contribution in [1.29, 1.82) is 0 Å². The third-order valence-electron chi connectivity index (χ3n) is 2.02. The largest absolute Gasteiger partial charge is 0.416 e. The minimum Gasteiger partial charge on any atom is -0.382 e. The lowest BCUT2D eigenvalue weighted by molar-refractivity contribution is -0.201. The van der Waals surface area contributed by atoms with Gasteiger partial charge in [-0.15, -0.1) is 0 Å². The summed E-state index contributed by atoms with van der Waals surface area (Å²) in [6, 6.07) is 3.37. The van der Waals surface area contributed by atoms with Crippen molar-refractivity contribution < 1.29 is 27.5 Å². The first-order valence-electron chi connectivity index (χ1n) is 4.70. The molecule has 0 fully saturated rings. The number of amides is 1. The third-order valence-corrected chi connectivity index (χ3v) is 2.66. The summed E-state index contributed by atoms with van der Waals surface area (Å²) >= 11 is 2.87. The number of nitrogens with one attached hydrogen (secondary N) is 1. The van der Waals surface area contributed by atoms with Gasteiger partial charge in [0.15, 0.2) is 6.10 Å². The van der Waals surface area contributed by atoms with E-state index in [0.717, 1.165) is 6.07 Å². The van der Waals surface area contributed by atoms with E-state index in [-0.39, 0.29) is 10.0 Å². The van der Waals surface area contributed by atoms with Crippen molar-refractivity contribution in [2.45, 2.75) is 12.3 Å². The Labute approximate surface area is 108 Å². The number of hydrogen-bond donors (Lipinski definition) is 2. The Balaban J connectivity index is 2.63. The number of aliphatic hydroxyl groups excluding tert-OH is 1. The lowest BCUT2D eigenvalue weighted by atomic mass is 10.2. The fourth-order valence-corrected chi connectivity index (χ4v) is 1.29. The highest BCUT2D eigenvalue weighted by Gasteiger charge is 2.38. The van der Waals surface area contributed by atoms with Crippen molar-refractivity contribution >= 4 is 21.8 Å². The molecule has 0 saturated carbocycles. The van der Waals surface area contributed by atoms with E-state index in [1.165, 1.54) is 12.1 Å². The fraction of sp³-hybridized carbons (Fsp3) is 0.300. The van der Waals surface area contributed by atoms with E-state index in [9.17, 15) is 22.4 Å². The predicted octanol–water partition coefficient (Wildman–Crippen LogP) is 2.24. The zero-order valence-corrected chi connectivity index (χ0v) is 10.3. The average molecular weight is 330 g/mol. The maximum Gasteiger partial charge on any atom is 0.416 e. The van der Waals surface area contributed by atoms with Gasteiger partial charge in [0.1, 0.15) is 5.82 Å². The molecule has 1 aromatic rings. The van der Waals surface area contributed by atoms with Crippen LogP contribution >= 0.6 is 15.9 Å². The van der Waals surface area contributed by atoms with Gasteiger partial charge in [0.25, 0.3) is 5.91 Å². The number of benzene rings is 1. The summed E-state index contributed by atoms with van der Waals surface area (Å²) in [5, 5.41) is 10.5. The van der Waals surface area contributed by atoms with Crippen LogP contribution in [0.4, 0.5) is 17.6 Å². The number of aliphatic hydroxyl groups is 1. The molecule has 1 amide bonds. The molecule has 0 aromatic heterocycles. The molecule has 0 radical (unpaired) electrons. The van der Waals surface area contributed by atoms with Gasteiger partial charge < -0.3 is 10.4 Å². The van der Waals surface area contributed by atoms with E-state index in [2.05, 4.69) is 15.9 Å². The summed E-state index contributed by atoms with van der Waals surface area (Å²) in [5.41, 5.74) is -0.134. The van der Waals surface area contributed by atoms with Gasteiger partial charge in [-0.25, -0.2) is 4.39 Å². The van der Waals surface area contributed by atoms with E-state index in [4.69, 9.17) is 5.11 Å². The number of carbonyl (C=O) groups is 1. The van der Waals surface area contributed by atoms with Gasteiger partial charge in [-0.05, 0) is 34.1 Å². The lowest BCUT2D eigenvalue weighted by Gasteiger charge is -2.15. The van der Waals surface area contributed by atoms with Crippen molar-refractivity contribution in [2.24, 2.45) is 0 Å². The zero-order chi connectivity index (χ0) is 13.9. The van der Waals surface area contributed by atoms with Gasteiger partial charge in [-0.3, -0.25) is 4.79 Å². The first kappa shape index (κ1) is 14.9. The maximum absolute atomic E-state index is 13.1. The number of carbonyl (C=O) groups excluding carboxylic acids is 1. The van der Waals surface area contributed by atoms with Crippen LogP contribution in [0.15, 0.2) is 22.7 Å². The van der Waals surface area contributed by atoms with Crippen LogP contribution in [0.25, 0.3) is 0 Å². The molecule has 1 rings (SSSR count). The Hall–Kier alpha value is -1.15. The molecule has 0 bridgehead atoms. The molecular weight excluding hydrogens is 322 g/mol. The van der Waals surface area contributed by atoms with Crippen LogP contribution in [-0.4, -0.2) is 29.8 Å². The van der Waals surface area contributed by atoms with E-state index in [1.807, 2.05) is 5.32 Å². The Morgan fingerprint density at radius 3 is 2.56 bits per heavy atom. The highest BCUT2D eigenvalue weighted by atomic mass is 79.9. The lowest BCUT2D eigenvalue weighted by Crippen LogP contribution is -2.40. The molecule has 1 aromatic carbocycles. The van der Waals surface area contributed by atoms with Gasteiger partial charge in [0.05, 0.1) is 11.0 Å². The summed E-state index contributed by atoms with van der Waals surface area (Å²) < 4.78 is 49.1. The number of hydrogen-bond acceptors (Lipinski definition) is 2. The van der Waals surface area contributed by atoms with Crippen LogP contribution < -0.4 is 5.32 Å². The third kappa shape index (κ3) is 3.95. The molecular formula is C10H8BrF4NO2. The Morgan fingerprint density at radius 2 is 2.06 bits per heavy atom. The summed E-state index contributed by atoms with van der Waals surface area (Å²) in [6.07, 6.45) is -7.46. The van der Waals surface area contributed by atoms with Crippen molar-refractivity contribution in [1.82, 2.24) is 5.32 Å². The zero-order valence-electron chi connectivity index (χ0n) is 8.76. The topological polar surface area (TPSA) is 49.3 Å². The fourth-order valence-electron chi connectivity index (χ4n) is 1.04. The average Bonchev–Trinajstić information content (AvgIpc) is 2.27. The summed E-state index contributed by atoms with van der Waals surface area (Å²) in [4.78, 5) is 11.4. The molecule has 3 nitrogen and oxygen atoms in total. The molecule has 0 heterocycles. The Kier molecular flexibility index (Phi) is 4.69. The van der Waals surface area contributed by atoms with Gasteiger partial charge in [0, 0.05) is 5.56 Å². The minimum absolute atomic E-state index is 0.134. The molecule has 0 spiro atoms. The van der Waals surface area contributed by atoms with Gasteiger partial charge in [0.2, 0.25) is 0 Å². The van der Waals surface area contributed by atoms with E-state index in [0.29, 0.717) is 0 Å². The standard InChI is InChI=1S/C10H8BrF4NO2/c11-6-2-1-5(3-7(6)12)9(18)16-4-8(17)10(13,14)15/h1-3,8,17H,4H2,(H,16,18). The van der Waals surface area contributed by atoms with E-state index in [1.54, 1.807) is 0 Å². The monoisotopic (exact) mass is 329 g/mol. The smallest absolute Gasteiger partial charge is 0.382 e. The van der Waals surface area contributed by atoms with Crippen LogP contribution in [0.2, 0.25) is 0 Å². The summed E-state index contributed by atoms with van der Waals surface area (Å²) in [7, 11) is 0. The van der Waals surface area contributed by atoms with Crippen molar-refractivity contribution in [2.75, 3.05) is 6.54 Å². The Bertz CT molecular complexity index is 450. The molecule has 0 aliphatic carbocycles. The second-order valence-corrected chi connectivity index (χ2v) is 4.25. The predicted molar refractivity (Wildman–Crippen MR) is 58.5 cm³/mol. The van der Waals surface area contributed by atoms with Crippen LogP contribution in [0.1, 0.15) is 10.4 Å². The number of alkyl halides is 3. The van der Waals surface area contributed by atoms with Crippen LogP contribution in [-0.2, 0) is 0 Å². The second kappa shape index (κ2) is 5.66. The maximum atomic E-state index is 13.1. The van der Waals surface area contributed by atoms with Gasteiger partial charge >= 0.3 is 6.18 Å². The minimum atomic E-state index is -4.81. The number of rotatable bonds is 3. The van der Waals surface area contributed by atoms with Crippen molar-refractivity contribution in [3.05, 3.63) is 34.1 Å². The molecule has 0 saturated heterocycles. The first-order chi connectivity index (χ1) is 8.21. The highest BCUT2D eigenvalue weighted by Crippen LogP contribution is 2.19. The molecule has 1 unspecified atom stereocenters. The first-order valence-corrected chi connectivity index (χ1v) is 5.49. The van der Waals surface area contributed by atoms with E-state index >= 15 is 0 Å². The summed E-state index contributed by atoms with van der Waals surface area (Å²) in [5.74, 6) is -1.61. The molecule has 0 aliphatic rings. The highest BCUT2D eigenvalue weighted by molar-refractivity contribution is 9.10. The number of halogens is 5.